The summed E-state index contributed by atoms with van der Waals surface area (Å²) in [5, 5.41) is 2.59. The monoisotopic (exact) mass is 224 g/mol. The van der Waals surface area contributed by atoms with E-state index in [9.17, 15) is 9.59 Å². The quantitative estimate of drug-likeness (QED) is 0.715. The third-order valence-electron chi connectivity index (χ3n) is 3.86. The molecule has 1 aliphatic heterocycles. The van der Waals surface area contributed by atoms with Gasteiger partial charge in [0.05, 0.1) is 13.1 Å². The van der Waals surface area contributed by atoms with E-state index in [1.54, 1.807) is 4.90 Å². The van der Waals surface area contributed by atoms with Crippen LogP contribution in [0.4, 0.5) is 0 Å². The van der Waals surface area contributed by atoms with Gasteiger partial charge in [-0.2, -0.15) is 0 Å². The Morgan fingerprint density at radius 1 is 1.25 bits per heavy atom. The lowest BCUT2D eigenvalue weighted by Crippen LogP contribution is -2.57. The van der Waals surface area contributed by atoms with Gasteiger partial charge in [-0.1, -0.05) is 13.8 Å². The summed E-state index contributed by atoms with van der Waals surface area (Å²) in [7, 11) is 0. The number of rotatable bonds is 1. The molecule has 90 valence electrons. The van der Waals surface area contributed by atoms with Gasteiger partial charge < -0.3 is 10.2 Å². The van der Waals surface area contributed by atoms with E-state index in [-0.39, 0.29) is 30.9 Å². The van der Waals surface area contributed by atoms with Gasteiger partial charge in [-0.25, -0.2) is 0 Å². The second-order valence-corrected chi connectivity index (χ2v) is 5.26. The summed E-state index contributed by atoms with van der Waals surface area (Å²) in [5.41, 5.74) is 0. The molecule has 3 unspecified atom stereocenters. The third-order valence-corrected chi connectivity index (χ3v) is 3.86. The lowest BCUT2D eigenvalue weighted by Gasteiger charge is -2.41. The fourth-order valence-corrected chi connectivity index (χ4v) is 2.99. The number of piperazine rings is 1. The molecule has 1 saturated carbocycles. The number of hydrogen-bond acceptors (Lipinski definition) is 2. The van der Waals surface area contributed by atoms with E-state index >= 15 is 0 Å². The molecule has 1 heterocycles. The molecular formula is C12H20N2O2. The number of carbonyl (C=O) groups is 2. The maximum absolute atomic E-state index is 11.8. The average Bonchev–Trinajstić information content (AvgIpc) is 2.22. The first-order chi connectivity index (χ1) is 7.58. The average molecular weight is 224 g/mol. The van der Waals surface area contributed by atoms with Gasteiger partial charge >= 0.3 is 0 Å². The molecule has 1 saturated heterocycles. The van der Waals surface area contributed by atoms with Crippen molar-refractivity contribution >= 4 is 11.8 Å². The molecule has 1 aliphatic carbocycles. The van der Waals surface area contributed by atoms with Gasteiger partial charge in [0.1, 0.15) is 0 Å². The van der Waals surface area contributed by atoms with E-state index in [0.717, 1.165) is 18.8 Å². The summed E-state index contributed by atoms with van der Waals surface area (Å²) in [6, 6.07) is 0.273. The van der Waals surface area contributed by atoms with Gasteiger partial charge in [-0.3, -0.25) is 9.59 Å². The highest BCUT2D eigenvalue weighted by molar-refractivity contribution is 5.92. The Labute approximate surface area is 96.4 Å². The Bertz CT molecular complexity index is 303. The molecule has 0 aromatic carbocycles. The zero-order chi connectivity index (χ0) is 11.7. The van der Waals surface area contributed by atoms with Crippen molar-refractivity contribution in [2.75, 3.05) is 13.1 Å². The molecule has 2 rings (SSSR count). The van der Waals surface area contributed by atoms with Crippen LogP contribution in [0.25, 0.3) is 0 Å². The first-order valence-electron chi connectivity index (χ1n) is 6.14. The van der Waals surface area contributed by atoms with Gasteiger partial charge in [-0.15, -0.1) is 0 Å². The molecule has 2 aliphatic rings. The highest BCUT2D eigenvalue weighted by Crippen LogP contribution is 2.32. The topological polar surface area (TPSA) is 49.4 Å². The summed E-state index contributed by atoms with van der Waals surface area (Å²) >= 11 is 0. The standard InChI is InChI=1S/C12H20N2O2/c1-8-3-4-10(9(2)5-8)14-7-11(15)13-6-12(14)16/h8-10H,3-7H2,1-2H3,(H,13,15). The van der Waals surface area contributed by atoms with Gasteiger partial charge in [0.2, 0.25) is 11.8 Å². The van der Waals surface area contributed by atoms with Gasteiger partial charge in [0.25, 0.3) is 0 Å². The summed E-state index contributed by atoms with van der Waals surface area (Å²) in [6.45, 7) is 4.89. The Morgan fingerprint density at radius 3 is 2.69 bits per heavy atom. The van der Waals surface area contributed by atoms with Crippen molar-refractivity contribution in [1.82, 2.24) is 10.2 Å². The summed E-state index contributed by atoms with van der Waals surface area (Å²) in [4.78, 5) is 24.9. The molecule has 0 aromatic heterocycles. The van der Waals surface area contributed by atoms with Crippen LogP contribution in [-0.2, 0) is 9.59 Å². The van der Waals surface area contributed by atoms with Crippen molar-refractivity contribution in [1.29, 1.82) is 0 Å². The molecule has 4 nitrogen and oxygen atoms in total. The van der Waals surface area contributed by atoms with E-state index in [1.165, 1.54) is 6.42 Å². The van der Waals surface area contributed by atoms with Crippen LogP contribution in [-0.4, -0.2) is 35.8 Å². The van der Waals surface area contributed by atoms with Crippen LogP contribution in [0.15, 0.2) is 0 Å². The summed E-state index contributed by atoms with van der Waals surface area (Å²) < 4.78 is 0. The third kappa shape index (κ3) is 2.20. The molecule has 0 bridgehead atoms. The second kappa shape index (κ2) is 4.44. The first-order valence-corrected chi connectivity index (χ1v) is 6.14. The van der Waals surface area contributed by atoms with Crippen LogP contribution in [0.3, 0.4) is 0 Å². The minimum atomic E-state index is -0.0228. The molecule has 0 radical (unpaired) electrons. The van der Waals surface area contributed by atoms with Crippen LogP contribution < -0.4 is 5.32 Å². The Morgan fingerprint density at radius 2 is 2.00 bits per heavy atom. The van der Waals surface area contributed by atoms with Crippen molar-refractivity contribution in [3.8, 4) is 0 Å². The van der Waals surface area contributed by atoms with Crippen molar-refractivity contribution in [3.05, 3.63) is 0 Å². The maximum atomic E-state index is 11.8. The van der Waals surface area contributed by atoms with E-state index in [1.807, 2.05) is 0 Å². The lowest BCUT2D eigenvalue weighted by atomic mass is 9.79. The van der Waals surface area contributed by atoms with Crippen LogP contribution in [0.2, 0.25) is 0 Å². The number of nitrogens with one attached hydrogen (secondary N) is 1. The molecule has 3 atom stereocenters. The number of amides is 2. The van der Waals surface area contributed by atoms with E-state index in [0.29, 0.717) is 5.92 Å². The lowest BCUT2D eigenvalue weighted by molar-refractivity contribution is -0.144. The summed E-state index contributed by atoms with van der Waals surface area (Å²) in [6.07, 6.45) is 3.37. The Hall–Kier alpha value is -1.06. The highest BCUT2D eigenvalue weighted by atomic mass is 16.2. The molecule has 2 fully saturated rings. The van der Waals surface area contributed by atoms with E-state index in [4.69, 9.17) is 0 Å². The molecule has 16 heavy (non-hydrogen) atoms. The fraction of sp³-hybridized carbons (Fsp3) is 0.833. The second-order valence-electron chi connectivity index (χ2n) is 5.26. The van der Waals surface area contributed by atoms with Crippen molar-refractivity contribution in [3.63, 3.8) is 0 Å². The maximum Gasteiger partial charge on any atom is 0.242 e. The Balaban J connectivity index is 2.05. The number of carbonyl (C=O) groups excluding carboxylic acids is 2. The molecule has 4 heteroatoms. The van der Waals surface area contributed by atoms with Crippen LogP contribution in [0.5, 0.6) is 0 Å². The van der Waals surface area contributed by atoms with Crippen LogP contribution in [0.1, 0.15) is 33.1 Å². The molecule has 0 aromatic rings. The van der Waals surface area contributed by atoms with E-state index in [2.05, 4.69) is 19.2 Å². The minimum Gasteiger partial charge on any atom is -0.345 e. The van der Waals surface area contributed by atoms with Crippen molar-refractivity contribution in [2.24, 2.45) is 11.8 Å². The highest BCUT2D eigenvalue weighted by Gasteiger charge is 2.35. The molecule has 2 amide bonds. The first kappa shape index (κ1) is 11.4. The molecular weight excluding hydrogens is 204 g/mol. The SMILES string of the molecule is CC1CCC(N2CC(=O)NCC2=O)C(C)C1. The van der Waals surface area contributed by atoms with Crippen LogP contribution >= 0.6 is 0 Å². The largest absolute Gasteiger partial charge is 0.345 e. The minimum absolute atomic E-state index is 0.0228. The van der Waals surface area contributed by atoms with Gasteiger partial charge in [0, 0.05) is 6.04 Å². The summed E-state index contributed by atoms with van der Waals surface area (Å²) in [5.74, 6) is 1.31. The number of hydrogen-bond donors (Lipinski definition) is 1. The normalized spacial score (nSPS) is 36.1. The van der Waals surface area contributed by atoms with Crippen molar-refractivity contribution in [2.45, 2.75) is 39.2 Å². The van der Waals surface area contributed by atoms with Gasteiger partial charge in [-0.05, 0) is 31.1 Å². The smallest absolute Gasteiger partial charge is 0.242 e. The predicted octanol–water partition coefficient (Wildman–Crippen LogP) is 0.769. The fourth-order valence-electron chi connectivity index (χ4n) is 2.99. The van der Waals surface area contributed by atoms with Crippen LogP contribution in [0, 0.1) is 11.8 Å². The molecule has 1 N–H and O–H groups in total. The predicted molar refractivity (Wildman–Crippen MR) is 60.7 cm³/mol. The van der Waals surface area contributed by atoms with E-state index < -0.39 is 0 Å². The zero-order valence-corrected chi connectivity index (χ0v) is 10.0. The Kier molecular flexibility index (Phi) is 3.17. The molecule has 0 spiro atoms. The zero-order valence-electron chi connectivity index (χ0n) is 10.0. The number of nitrogens with zero attached hydrogens (tertiary/aromatic N) is 1. The van der Waals surface area contributed by atoms with Gasteiger partial charge in [0.15, 0.2) is 0 Å². The van der Waals surface area contributed by atoms with Crippen molar-refractivity contribution < 1.29 is 9.59 Å².